The maximum absolute atomic E-state index is 12.5. The summed E-state index contributed by atoms with van der Waals surface area (Å²) in [7, 11) is 1.71. The summed E-state index contributed by atoms with van der Waals surface area (Å²) in [6, 6.07) is 14.6. The van der Waals surface area contributed by atoms with Gasteiger partial charge in [0.1, 0.15) is 0 Å². The molecule has 4 heteroatoms. The molecule has 0 radical (unpaired) electrons. The number of hydrogen-bond acceptors (Lipinski definition) is 2. The summed E-state index contributed by atoms with van der Waals surface area (Å²) in [6.07, 6.45) is 0. The minimum Gasteiger partial charge on any atom is -0.311 e. The van der Waals surface area contributed by atoms with E-state index in [2.05, 4.69) is 22.0 Å². The molecule has 0 N–H and O–H groups in total. The van der Waals surface area contributed by atoms with Gasteiger partial charge in [-0.2, -0.15) is 5.26 Å². The molecule has 0 atom stereocenters. The Bertz CT molecular complexity index is 704. The number of rotatable bonds is 2. The van der Waals surface area contributed by atoms with Crippen LogP contribution in [0.15, 0.2) is 46.9 Å². The normalized spacial score (nSPS) is 9.90. The van der Waals surface area contributed by atoms with Crippen molar-refractivity contribution in [2.24, 2.45) is 0 Å². The Morgan fingerprint density at radius 1 is 1.25 bits per heavy atom. The molecule has 0 unspecified atom stereocenters. The van der Waals surface area contributed by atoms with E-state index in [1.54, 1.807) is 36.2 Å². The van der Waals surface area contributed by atoms with E-state index in [4.69, 9.17) is 5.26 Å². The van der Waals surface area contributed by atoms with Crippen LogP contribution in [0.4, 0.5) is 5.69 Å². The van der Waals surface area contributed by atoms with Gasteiger partial charge < -0.3 is 4.90 Å². The molecule has 100 valence electrons. The molecule has 0 aliphatic carbocycles. The molecule has 3 nitrogen and oxygen atoms in total. The second kappa shape index (κ2) is 5.89. The molecule has 1 amide bonds. The molecular weight excluding hydrogens is 316 g/mol. The van der Waals surface area contributed by atoms with Crippen LogP contribution in [0.3, 0.4) is 0 Å². The number of carbonyl (C=O) groups excluding carboxylic acids is 1. The fourth-order valence-electron chi connectivity index (χ4n) is 1.95. The highest BCUT2D eigenvalue weighted by molar-refractivity contribution is 9.10. The number of nitrogens with zero attached hydrogens (tertiary/aromatic N) is 2. The van der Waals surface area contributed by atoms with E-state index in [9.17, 15) is 4.79 Å². The fourth-order valence-corrected chi connectivity index (χ4v) is 2.42. The molecule has 2 aromatic rings. The van der Waals surface area contributed by atoms with Crippen molar-refractivity contribution in [2.45, 2.75) is 6.92 Å². The second-order valence-electron chi connectivity index (χ2n) is 4.49. The van der Waals surface area contributed by atoms with Crippen molar-refractivity contribution in [3.05, 3.63) is 63.6 Å². The molecule has 2 aromatic carbocycles. The smallest absolute Gasteiger partial charge is 0.258 e. The van der Waals surface area contributed by atoms with Gasteiger partial charge in [0.25, 0.3) is 5.91 Å². The number of aryl methyl sites for hydroxylation is 1. The van der Waals surface area contributed by atoms with Crippen molar-refractivity contribution in [3.63, 3.8) is 0 Å². The number of hydrogen-bond donors (Lipinski definition) is 0. The molecule has 0 saturated carbocycles. The quantitative estimate of drug-likeness (QED) is 0.838. The van der Waals surface area contributed by atoms with Gasteiger partial charge in [-0.05, 0) is 48.9 Å². The molecule has 20 heavy (non-hydrogen) atoms. The van der Waals surface area contributed by atoms with Gasteiger partial charge in [-0.15, -0.1) is 0 Å². The van der Waals surface area contributed by atoms with Crippen molar-refractivity contribution in [3.8, 4) is 6.07 Å². The van der Waals surface area contributed by atoms with E-state index < -0.39 is 0 Å². The molecule has 2 rings (SSSR count). The Kier molecular flexibility index (Phi) is 4.21. The van der Waals surface area contributed by atoms with Crippen LogP contribution in [0.5, 0.6) is 0 Å². The molecule has 0 bridgehead atoms. The van der Waals surface area contributed by atoms with Crippen molar-refractivity contribution < 1.29 is 4.79 Å². The van der Waals surface area contributed by atoms with E-state index in [-0.39, 0.29) is 5.91 Å². The van der Waals surface area contributed by atoms with E-state index in [1.807, 2.05) is 25.1 Å². The Morgan fingerprint density at radius 2 is 2.00 bits per heavy atom. The molecule has 0 spiro atoms. The lowest BCUT2D eigenvalue weighted by molar-refractivity contribution is 0.0992. The molecule has 0 aliphatic heterocycles. The third kappa shape index (κ3) is 2.89. The summed E-state index contributed by atoms with van der Waals surface area (Å²) in [5.41, 5.74) is 2.80. The van der Waals surface area contributed by atoms with Crippen LogP contribution in [-0.2, 0) is 0 Å². The lowest BCUT2D eigenvalue weighted by Gasteiger charge is -2.18. The van der Waals surface area contributed by atoms with Gasteiger partial charge in [0.15, 0.2) is 0 Å². The van der Waals surface area contributed by atoms with Crippen LogP contribution < -0.4 is 4.90 Å². The first-order valence-electron chi connectivity index (χ1n) is 6.07. The first-order valence-corrected chi connectivity index (χ1v) is 6.86. The molecule has 0 aliphatic rings. The lowest BCUT2D eigenvalue weighted by atomic mass is 10.1. The minimum absolute atomic E-state index is 0.0925. The third-order valence-electron chi connectivity index (χ3n) is 3.09. The fraction of sp³-hybridized carbons (Fsp3) is 0.125. The average Bonchev–Trinajstić information content (AvgIpc) is 2.46. The molecule has 0 heterocycles. The van der Waals surface area contributed by atoms with Crippen molar-refractivity contribution >= 4 is 27.5 Å². The van der Waals surface area contributed by atoms with Crippen LogP contribution >= 0.6 is 15.9 Å². The molecule has 0 saturated heterocycles. The maximum atomic E-state index is 12.5. The van der Waals surface area contributed by atoms with E-state index >= 15 is 0 Å². The summed E-state index contributed by atoms with van der Waals surface area (Å²) in [5.74, 6) is -0.0925. The Morgan fingerprint density at radius 3 is 2.65 bits per heavy atom. The predicted octanol–water partition coefficient (Wildman–Crippen LogP) is 3.91. The molecule has 0 fully saturated rings. The van der Waals surface area contributed by atoms with Crippen molar-refractivity contribution in [2.75, 3.05) is 11.9 Å². The first-order chi connectivity index (χ1) is 9.52. The Labute approximate surface area is 126 Å². The summed E-state index contributed by atoms with van der Waals surface area (Å²) < 4.78 is 0.945. The van der Waals surface area contributed by atoms with Gasteiger partial charge >= 0.3 is 0 Å². The van der Waals surface area contributed by atoms with E-state index in [0.717, 1.165) is 10.0 Å². The van der Waals surface area contributed by atoms with Crippen LogP contribution in [0, 0.1) is 18.3 Å². The van der Waals surface area contributed by atoms with Crippen LogP contribution in [-0.4, -0.2) is 13.0 Å². The zero-order valence-corrected chi connectivity index (χ0v) is 12.8. The third-order valence-corrected chi connectivity index (χ3v) is 3.58. The number of benzene rings is 2. The summed E-state index contributed by atoms with van der Waals surface area (Å²) >= 11 is 3.39. The summed E-state index contributed by atoms with van der Waals surface area (Å²) in [6.45, 7) is 1.90. The minimum atomic E-state index is -0.0925. The maximum Gasteiger partial charge on any atom is 0.258 e. The van der Waals surface area contributed by atoms with Gasteiger partial charge in [-0.1, -0.05) is 22.0 Å². The van der Waals surface area contributed by atoms with Crippen LogP contribution in [0.25, 0.3) is 0 Å². The topological polar surface area (TPSA) is 44.1 Å². The van der Waals surface area contributed by atoms with Gasteiger partial charge in [-0.3, -0.25) is 4.79 Å². The predicted molar refractivity (Wildman–Crippen MR) is 82.8 cm³/mol. The number of anilines is 1. The average molecular weight is 329 g/mol. The summed E-state index contributed by atoms with van der Waals surface area (Å²) in [4.78, 5) is 14.1. The van der Waals surface area contributed by atoms with Crippen LogP contribution in [0.2, 0.25) is 0 Å². The zero-order chi connectivity index (χ0) is 14.7. The van der Waals surface area contributed by atoms with Crippen LogP contribution in [0.1, 0.15) is 21.5 Å². The van der Waals surface area contributed by atoms with Gasteiger partial charge in [-0.25, -0.2) is 0 Å². The number of carbonyl (C=O) groups is 1. The standard InChI is InChI=1S/C16H13BrN2O/c1-11-8-13(17)6-7-15(11)16(20)19(2)14-5-3-4-12(9-14)10-18/h3-9H,1-2H3. The highest BCUT2D eigenvalue weighted by Crippen LogP contribution is 2.21. The number of nitriles is 1. The van der Waals surface area contributed by atoms with E-state index in [0.29, 0.717) is 16.8 Å². The number of amides is 1. The number of halogens is 1. The van der Waals surface area contributed by atoms with Crippen molar-refractivity contribution in [1.82, 2.24) is 0 Å². The Balaban J connectivity index is 2.35. The monoisotopic (exact) mass is 328 g/mol. The van der Waals surface area contributed by atoms with Crippen molar-refractivity contribution in [1.29, 1.82) is 5.26 Å². The van der Waals surface area contributed by atoms with Gasteiger partial charge in [0.2, 0.25) is 0 Å². The molecular formula is C16H13BrN2O. The first kappa shape index (κ1) is 14.3. The molecule has 0 aromatic heterocycles. The lowest BCUT2D eigenvalue weighted by Crippen LogP contribution is -2.26. The van der Waals surface area contributed by atoms with Gasteiger partial charge in [0, 0.05) is 22.8 Å². The highest BCUT2D eigenvalue weighted by Gasteiger charge is 2.15. The largest absolute Gasteiger partial charge is 0.311 e. The van der Waals surface area contributed by atoms with Gasteiger partial charge in [0.05, 0.1) is 11.6 Å². The summed E-state index contributed by atoms with van der Waals surface area (Å²) in [5, 5.41) is 8.92. The zero-order valence-electron chi connectivity index (χ0n) is 11.2. The Hall–Kier alpha value is -2.12. The SMILES string of the molecule is Cc1cc(Br)ccc1C(=O)N(C)c1cccc(C#N)c1. The van der Waals surface area contributed by atoms with E-state index in [1.165, 1.54) is 0 Å². The highest BCUT2D eigenvalue weighted by atomic mass is 79.9. The second-order valence-corrected chi connectivity index (χ2v) is 5.40.